The molecule has 1 aliphatic rings. The van der Waals surface area contributed by atoms with Gasteiger partial charge in [-0.15, -0.1) is 0 Å². The van der Waals surface area contributed by atoms with Crippen LogP contribution in [0.1, 0.15) is 24.0 Å². The van der Waals surface area contributed by atoms with Gasteiger partial charge >= 0.3 is 12.1 Å². The first-order valence-electron chi connectivity index (χ1n) is 7.47. The van der Waals surface area contributed by atoms with Crippen LogP contribution in [-0.2, 0) is 31.7 Å². The van der Waals surface area contributed by atoms with Crippen molar-refractivity contribution in [2.75, 3.05) is 13.7 Å². The number of ether oxygens (including phenoxy) is 2. The molecule has 5 nitrogen and oxygen atoms in total. The van der Waals surface area contributed by atoms with Gasteiger partial charge in [-0.1, -0.05) is 18.2 Å². The fraction of sp³-hybridized carbons (Fsp3) is 0.500. The van der Waals surface area contributed by atoms with E-state index in [4.69, 9.17) is 4.74 Å². The predicted octanol–water partition coefficient (Wildman–Crippen LogP) is 2.08. The molecule has 0 unspecified atom stereocenters. The average Bonchev–Trinajstić information content (AvgIpc) is 3.07. The van der Waals surface area contributed by atoms with Crippen LogP contribution >= 0.6 is 0 Å². The van der Waals surface area contributed by atoms with E-state index in [1.807, 2.05) is 0 Å². The second-order valence-electron chi connectivity index (χ2n) is 5.49. The molecule has 132 valence electrons. The lowest BCUT2D eigenvalue weighted by Crippen LogP contribution is -2.47. The third kappa shape index (κ3) is 4.70. The van der Waals surface area contributed by atoms with E-state index in [0.717, 1.165) is 25.7 Å². The molecular formula is C16H18F3NO4. The molecule has 1 saturated heterocycles. The number of benzene rings is 1. The number of nitrogens with one attached hydrogen (secondary N) is 1. The predicted molar refractivity (Wildman–Crippen MR) is 78.1 cm³/mol. The van der Waals surface area contributed by atoms with Gasteiger partial charge in [-0.25, -0.2) is 4.79 Å². The van der Waals surface area contributed by atoms with Gasteiger partial charge in [-0.3, -0.25) is 4.79 Å². The third-order valence-corrected chi connectivity index (χ3v) is 3.72. The minimum absolute atomic E-state index is 0.102. The Morgan fingerprint density at radius 2 is 2.17 bits per heavy atom. The Bertz CT molecular complexity index is 597. The molecule has 1 aliphatic heterocycles. The number of esters is 1. The monoisotopic (exact) mass is 345 g/mol. The van der Waals surface area contributed by atoms with Gasteiger partial charge in [0.25, 0.3) is 0 Å². The average molecular weight is 345 g/mol. The summed E-state index contributed by atoms with van der Waals surface area (Å²) in [6.45, 7) is 0.467. The molecule has 1 heterocycles. The molecule has 0 aliphatic carbocycles. The van der Waals surface area contributed by atoms with Crippen LogP contribution < -0.4 is 5.32 Å². The molecule has 8 heteroatoms. The zero-order chi connectivity index (χ0) is 17.7. The van der Waals surface area contributed by atoms with E-state index in [9.17, 15) is 22.8 Å². The number of methoxy groups -OCH3 is 1. The highest BCUT2D eigenvalue weighted by atomic mass is 19.4. The van der Waals surface area contributed by atoms with E-state index in [1.165, 1.54) is 12.1 Å². The quantitative estimate of drug-likeness (QED) is 0.830. The molecule has 0 radical (unpaired) electrons. The molecule has 0 spiro atoms. The Morgan fingerprint density at radius 3 is 2.75 bits per heavy atom. The molecule has 1 aromatic rings. The van der Waals surface area contributed by atoms with Crippen LogP contribution in [0.3, 0.4) is 0 Å². The van der Waals surface area contributed by atoms with Crippen molar-refractivity contribution in [3.8, 4) is 0 Å². The lowest BCUT2D eigenvalue weighted by atomic mass is 10.0. The number of hydrogen-bond acceptors (Lipinski definition) is 4. The van der Waals surface area contributed by atoms with Crippen molar-refractivity contribution in [1.82, 2.24) is 5.32 Å². The van der Waals surface area contributed by atoms with Crippen molar-refractivity contribution >= 4 is 11.9 Å². The van der Waals surface area contributed by atoms with Crippen molar-refractivity contribution in [3.05, 3.63) is 35.4 Å². The van der Waals surface area contributed by atoms with Crippen LogP contribution in [0.2, 0.25) is 0 Å². The summed E-state index contributed by atoms with van der Waals surface area (Å²) in [7, 11) is 1.15. The molecule has 2 atom stereocenters. The maximum absolute atomic E-state index is 12.8. The second kappa shape index (κ2) is 7.65. The summed E-state index contributed by atoms with van der Waals surface area (Å²) in [5.74, 6) is -1.19. The first-order chi connectivity index (χ1) is 11.3. The highest BCUT2D eigenvalue weighted by Crippen LogP contribution is 2.29. The van der Waals surface area contributed by atoms with Crippen molar-refractivity contribution in [2.24, 2.45) is 0 Å². The van der Waals surface area contributed by atoms with Crippen LogP contribution in [0.15, 0.2) is 24.3 Å². The van der Waals surface area contributed by atoms with Gasteiger partial charge in [0, 0.05) is 13.0 Å². The van der Waals surface area contributed by atoms with E-state index in [1.54, 1.807) is 0 Å². The van der Waals surface area contributed by atoms with Crippen LogP contribution in [0.4, 0.5) is 13.2 Å². The Morgan fingerprint density at radius 1 is 1.42 bits per heavy atom. The van der Waals surface area contributed by atoms with Gasteiger partial charge in [0.1, 0.15) is 12.1 Å². The van der Waals surface area contributed by atoms with E-state index in [-0.39, 0.29) is 12.0 Å². The molecule has 0 saturated carbocycles. The van der Waals surface area contributed by atoms with Gasteiger partial charge in [0.2, 0.25) is 5.91 Å². The summed E-state index contributed by atoms with van der Waals surface area (Å²) < 4.78 is 48.2. The van der Waals surface area contributed by atoms with Gasteiger partial charge in [-0.2, -0.15) is 13.2 Å². The van der Waals surface area contributed by atoms with Gasteiger partial charge in [-0.05, 0) is 24.5 Å². The minimum Gasteiger partial charge on any atom is -0.467 e. The van der Waals surface area contributed by atoms with Crippen molar-refractivity contribution in [2.45, 2.75) is 37.6 Å². The van der Waals surface area contributed by atoms with Crippen LogP contribution in [0, 0.1) is 0 Å². The van der Waals surface area contributed by atoms with Gasteiger partial charge in [0.15, 0.2) is 0 Å². The van der Waals surface area contributed by atoms with E-state index < -0.39 is 35.8 Å². The molecule has 2 rings (SSSR count). The topological polar surface area (TPSA) is 64.6 Å². The number of amides is 1. The molecule has 24 heavy (non-hydrogen) atoms. The number of rotatable bonds is 5. The van der Waals surface area contributed by atoms with Crippen LogP contribution in [0.5, 0.6) is 0 Å². The molecule has 1 aromatic carbocycles. The zero-order valence-corrected chi connectivity index (χ0v) is 13.1. The van der Waals surface area contributed by atoms with Gasteiger partial charge < -0.3 is 14.8 Å². The Kier molecular flexibility index (Phi) is 5.82. The third-order valence-electron chi connectivity index (χ3n) is 3.72. The molecular weight excluding hydrogens is 327 g/mol. The number of carbonyl (C=O) groups excluding carboxylic acids is 2. The largest absolute Gasteiger partial charge is 0.467 e. The van der Waals surface area contributed by atoms with Gasteiger partial charge in [0.05, 0.1) is 12.7 Å². The highest BCUT2D eigenvalue weighted by molar-refractivity contribution is 5.87. The first-order valence-corrected chi connectivity index (χ1v) is 7.47. The lowest BCUT2D eigenvalue weighted by Gasteiger charge is -2.19. The molecule has 1 N–H and O–H groups in total. The van der Waals surface area contributed by atoms with Crippen LogP contribution in [-0.4, -0.2) is 37.7 Å². The Balaban J connectivity index is 2.11. The van der Waals surface area contributed by atoms with Crippen LogP contribution in [0.25, 0.3) is 0 Å². The zero-order valence-electron chi connectivity index (χ0n) is 13.1. The summed E-state index contributed by atoms with van der Waals surface area (Å²) in [5, 5.41) is 2.50. The number of alkyl halides is 3. The Labute approximate surface area is 137 Å². The second-order valence-corrected chi connectivity index (χ2v) is 5.49. The molecule has 1 fully saturated rings. The van der Waals surface area contributed by atoms with E-state index in [0.29, 0.717) is 13.0 Å². The molecule has 1 amide bonds. The fourth-order valence-corrected chi connectivity index (χ4v) is 2.49. The molecule has 0 bridgehead atoms. The van der Waals surface area contributed by atoms with Crippen molar-refractivity contribution in [3.63, 3.8) is 0 Å². The SMILES string of the molecule is COC(=O)[C@H](Cc1cccc(C(F)(F)F)c1)NC(=O)[C@@H]1CCCO1. The summed E-state index contributed by atoms with van der Waals surface area (Å²) in [6, 6.07) is 3.54. The summed E-state index contributed by atoms with van der Waals surface area (Å²) in [5.41, 5.74) is -0.540. The fourth-order valence-electron chi connectivity index (χ4n) is 2.49. The summed E-state index contributed by atoms with van der Waals surface area (Å²) >= 11 is 0. The van der Waals surface area contributed by atoms with E-state index in [2.05, 4.69) is 10.1 Å². The first kappa shape index (κ1) is 18.3. The van der Waals surface area contributed by atoms with Crippen molar-refractivity contribution < 1.29 is 32.2 Å². The minimum atomic E-state index is -4.47. The Hall–Kier alpha value is -2.09. The number of carbonyl (C=O) groups is 2. The maximum atomic E-state index is 12.8. The number of halogens is 3. The standard InChI is InChI=1S/C16H18F3NO4/c1-23-15(22)12(20-14(21)13-6-3-7-24-13)9-10-4-2-5-11(8-10)16(17,18)19/h2,4-5,8,12-13H,3,6-7,9H2,1H3,(H,20,21)/t12-,13-/m0/s1. The normalized spacial score (nSPS) is 18.9. The summed E-state index contributed by atoms with van der Waals surface area (Å²) in [6.07, 6.45) is -3.93. The molecule has 0 aromatic heterocycles. The number of hydrogen-bond donors (Lipinski definition) is 1. The smallest absolute Gasteiger partial charge is 0.416 e. The summed E-state index contributed by atoms with van der Waals surface area (Å²) in [4.78, 5) is 23.9. The van der Waals surface area contributed by atoms with Crippen molar-refractivity contribution in [1.29, 1.82) is 0 Å². The maximum Gasteiger partial charge on any atom is 0.416 e. The highest BCUT2D eigenvalue weighted by Gasteiger charge is 2.32. The lowest BCUT2D eigenvalue weighted by molar-refractivity contribution is -0.146. The van der Waals surface area contributed by atoms with E-state index >= 15 is 0 Å².